The molecule has 5 nitrogen and oxygen atoms in total. The van der Waals surface area contributed by atoms with E-state index in [9.17, 15) is 14.5 Å². The van der Waals surface area contributed by atoms with Crippen molar-refractivity contribution in [2.75, 3.05) is 26.2 Å². The standard InChI is InChI=1S/C15H22FN3O2/c1-2-17-9-12-4-3-5-18(10-12)11-13-6-14(16)8-15(7-13)19(20)21/h6-8,12,17H,2-5,9-11H2,1H3. The highest BCUT2D eigenvalue weighted by atomic mass is 19.1. The molecule has 1 heterocycles. The van der Waals surface area contributed by atoms with Gasteiger partial charge in [0.25, 0.3) is 5.69 Å². The van der Waals surface area contributed by atoms with Crippen LogP contribution in [0.15, 0.2) is 18.2 Å². The van der Waals surface area contributed by atoms with E-state index < -0.39 is 10.7 Å². The van der Waals surface area contributed by atoms with Gasteiger partial charge < -0.3 is 5.32 Å². The van der Waals surface area contributed by atoms with Crippen molar-refractivity contribution in [3.05, 3.63) is 39.7 Å². The number of nitrogens with one attached hydrogen (secondary N) is 1. The van der Waals surface area contributed by atoms with E-state index in [1.54, 1.807) is 0 Å². The van der Waals surface area contributed by atoms with Gasteiger partial charge in [-0.25, -0.2) is 4.39 Å². The first kappa shape index (κ1) is 15.9. The van der Waals surface area contributed by atoms with Crippen LogP contribution in [0, 0.1) is 21.8 Å². The Morgan fingerprint density at radius 3 is 3.00 bits per heavy atom. The van der Waals surface area contributed by atoms with Crippen LogP contribution in [0.25, 0.3) is 0 Å². The molecule has 1 unspecified atom stereocenters. The number of nitrogens with zero attached hydrogens (tertiary/aromatic N) is 2. The molecule has 1 aromatic rings. The Hall–Kier alpha value is -1.53. The highest BCUT2D eigenvalue weighted by molar-refractivity contribution is 5.35. The van der Waals surface area contributed by atoms with Crippen LogP contribution in [0.5, 0.6) is 0 Å². The van der Waals surface area contributed by atoms with Gasteiger partial charge in [-0.1, -0.05) is 6.92 Å². The van der Waals surface area contributed by atoms with Crippen molar-refractivity contribution in [2.24, 2.45) is 5.92 Å². The molecule has 0 spiro atoms. The zero-order valence-electron chi connectivity index (χ0n) is 12.3. The molecule has 1 aliphatic rings. The summed E-state index contributed by atoms with van der Waals surface area (Å²) in [7, 11) is 0. The number of nitro groups is 1. The Balaban J connectivity index is 1.99. The van der Waals surface area contributed by atoms with Gasteiger partial charge in [0.15, 0.2) is 0 Å². The van der Waals surface area contributed by atoms with Crippen LogP contribution in [0.2, 0.25) is 0 Å². The summed E-state index contributed by atoms with van der Waals surface area (Å²) in [6, 6.07) is 3.82. The van der Waals surface area contributed by atoms with Crippen LogP contribution < -0.4 is 5.32 Å². The maximum absolute atomic E-state index is 13.5. The minimum absolute atomic E-state index is 0.175. The topological polar surface area (TPSA) is 58.4 Å². The molecule has 1 fully saturated rings. The molecule has 0 saturated carbocycles. The summed E-state index contributed by atoms with van der Waals surface area (Å²) in [4.78, 5) is 12.5. The Morgan fingerprint density at radius 1 is 1.48 bits per heavy atom. The number of hydrogen-bond donors (Lipinski definition) is 1. The summed E-state index contributed by atoms with van der Waals surface area (Å²) in [6.07, 6.45) is 2.32. The molecule has 6 heteroatoms. The first-order valence-electron chi connectivity index (χ1n) is 7.45. The second-order valence-corrected chi connectivity index (χ2v) is 5.63. The molecule has 1 aliphatic heterocycles. The Labute approximate surface area is 124 Å². The molecule has 1 N–H and O–H groups in total. The Bertz CT molecular complexity index is 496. The summed E-state index contributed by atoms with van der Waals surface area (Å²) >= 11 is 0. The number of non-ortho nitro benzene ring substituents is 1. The van der Waals surface area contributed by atoms with Gasteiger partial charge in [-0.15, -0.1) is 0 Å². The fraction of sp³-hybridized carbons (Fsp3) is 0.600. The van der Waals surface area contributed by atoms with Gasteiger partial charge in [0.05, 0.1) is 11.0 Å². The first-order valence-corrected chi connectivity index (χ1v) is 7.45. The van der Waals surface area contributed by atoms with E-state index in [-0.39, 0.29) is 5.69 Å². The number of hydrogen-bond acceptors (Lipinski definition) is 4. The zero-order chi connectivity index (χ0) is 15.2. The van der Waals surface area contributed by atoms with Gasteiger partial charge in [0.1, 0.15) is 5.82 Å². The van der Waals surface area contributed by atoms with E-state index >= 15 is 0 Å². The summed E-state index contributed by atoms with van der Waals surface area (Å²) in [5, 5.41) is 14.1. The lowest BCUT2D eigenvalue weighted by Gasteiger charge is -2.32. The van der Waals surface area contributed by atoms with Crippen LogP contribution in [-0.4, -0.2) is 36.0 Å². The van der Waals surface area contributed by atoms with E-state index in [1.165, 1.54) is 18.6 Å². The monoisotopic (exact) mass is 295 g/mol. The lowest BCUT2D eigenvalue weighted by atomic mass is 9.97. The summed E-state index contributed by atoms with van der Waals surface area (Å²) in [6.45, 7) is 6.54. The van der Waals surface area contributed by atoms with Gasteiger partial charge in [-0.3, -0.25) is 15.0 Å². The smallest absolute Gasteiger partial charge is 0.272 e. The quantitative estimate of drug-likeness (QED) is 0.647. The van der Waals surface area contributed by atoms with Gasteiger partial charge >= 0.3 is 0 Å². The van der Waals surface area contributed by atoms with E-state index in [4.69, 9.17) is 0 Å². The van der Waals surface area contributed by atoms with Crippen LogP contribution in [0.3, 0.4) is 0 Å². The average molecular weight is 295 g/mol. The lowest BCUT2D eigenvalue weighted by Crippen LogP contribution is -2.39. The normalized spacial score (nSPS) is 19.6. The fourth-order valence-electron chi connectivity index (χ4n) is 2.90. The number of likely N-dealkylation sites (tertiary alicyclic amines) is 1. The number of halogens is 1. The fourth-order valence-corrected chi connectivity index (χ4v) is 2.90. The van der Waals surface area contributed by atoms with E-state index in [0.29, 0.717) is 18.0 Å². The molecule has 1 aromatic carbocycles. The summed E-state index contributed by atoms with van der Waals surface area (Å²) in [5.74, 6) is 0.0580. The molecule has 0 aliphatic carbocycles. The van der Waals surface area contributed by atoms with Gasteiger partial charge in [-0.05, 0) is 50.0 Å². The zero-order valence-corrected chi connectivity index (χ0v) is 12.3. The van der Waals surface area contributed by atoms with E-state index in [2.05, 4.69) is 17.1 Å². The molecule has 1 saturated heterocycles. The third kappa shape index (κ3) is 4.75. The number of benzene rings is 1. The lowest BCUT2D eigenvalue weighted by molar-refractivity contribution is -0.385. The second-order valence-electron chi connectivity index (χ2n) is 5.63. The van der Waals surface area contributed by atoms with Crippen molar-refractivity contribution < 1.29 is 9.31 Å². The van der Waals surface area contributed by atoms with Gasteiger partial charge in [0.2, 0.25) is 0 Å². The summed E-state index contributed by atoms with van der Waals surface area (Å²) in [5.41, 5.74) is 0.497. The van der Waals surface area contributed by atoms with E-state index in [1.807, 2.05) is 0 Å². The third-order valence-electron chi connectivity index (χ3n) is 3.85. The molecule has 1 atom stereocenters. The number of piperidine rings is 1. The Kier molecular flexibility index (Phi) is 5.64. The average Bonchev–Trinajstić information content (AvgIpc) is 2.45. The third-order valence-corrected chi connectivity index (χ3v) is 3.85. The van der Waals surface area contributed by atoms with Crippen LogP contribution in [-0.2, 0) is 6.54 Å². The molecule has 0 radical (unpaired) electrons. The van der Waals surface area contributed by atoms with Crippen molar-refractivity contribution in [3.63, 3.8) is 0 Å². The van der Waals surface area contributed by atoms with Crippen molar-refractivity contribution >= 4 is 5.69 Å². The minimum atomic E-state index is -0.545. The summed E-state index contributed by atoms with van der Waals surface area (Å²) < 4.78 is 13.5. The highest BCUT2D eigenvalue weighted by Crippen LogP contribution is 2.21. The number of rotatable bonds is 6. The predicted molar refractivity (Wildman–Crippen MR) is 79.6 cm³/mol. The molecule has 2 rings (SSSR count). The molecule has 116 valence electrons. The minimum Gasteiger partial charge on any atom is -0.317 e. The van der Waals surface area contributed by atoms with Gasteiger partial charge in [0, 0.05) is 19.2 Å². The van der Waals surface area contributed by atoms with Crippen molar-refractivity contribution in [3.8, 4) is 0 Å². The molecule has 0 bridgehead atoms. The van der Waals surface area contributed by atoms with Crippen LogP contribution in [0.4, 0.5) is 10.1 Å². The number of nitro benzene ring substituents is 1. The van der Waals surface area contributed by atoms with Crippen LogP contribution >= 0.6 is 0 Å². The molecule has 21 heavy (non-hydrogen) atoms. The van der Waals surface area contributed by atoms with E-state index in [0.717, 1.165) is 38.7 Å². The maximum Gasteiger partial charge on any atom is 0.272 e. The largest absolute Gasteiger partial charge is 0.317 e. The molecular weight excluding hydrogens is 273 g/mol. The molecular formula is C15H22FN3O2. The maximum atomic E-state index is 13.5. The first-order chi connectivity index (χ1) is 10.1. The molecule has 0 aromatic heterocycles. The molecule has 0 amide bonds. The SMILES string of the molecule is CCNCC1CCCN(Cc2cc(F)cc([N+](=O)[O-])c2)C1. The predicted octanol–water partition coefficient (Wildman–Crippen LogP) is 2.56. The van der Waals surface area contributed by atoms with Gasteiger partial charge in [-0.2, -0.15) is 0 Å². The van der Waals surface area contributed by atoms with Crippen molar-refractivity contribution in [1.82, 2.24) is 10.2 Å². The highest BCUT2D eigenvalue weighted by Gasteiger charge is 2.20. The Morgan fingerprint density at radius 2 is 2.29 bits per heavy atom. The van der Waals surface area contributed by atoms with Crippen LogP contribution in [0.1, 0.15) is 25.3 Å². The van der Waals surface area contributed by atoms with Crippen molar-refractivity contribution in [1.29, 1.82) is 0 Å². The second kappa shape index (κ2) is 7.47. The van der Waals surface area contributed by atoms with Crippen molar-refractivity contribution in [2.45, 2.75) is 26.3 Å².